The summed E-state index contributed by atoms with van der Waals surface area (Å²) in [5.74, 6) is 0.819. The minimum absolute atomic E-state index is 0.0164. The van der Waals surface area contributed by atoms with Crippen molar-refractivity contribution >= 4 is 11.9 Å². The van der Waals surface area contributed by atoms with E-state index in [1.807, 2.05) is 0 Å². The normalized spacial score (nSPS) is 24.5. The molecule has 0 aromatic carbocycles. The highest BCUT2D eigenvalue weighted by Crippen LogP contribution is 2.17. The second-order valence-electron chi connectivity index (χ2n) is 7.60. The van der Waals surface area contributed by atoms with Gasteiger partial charge < -0.3 is 19.9 Å². The largest absolute Gasteiger partial charge is 0.376 e. The molecule has 2 saturated heterocycles. The standard InChI is InChI=1S/C19H37N5O2/c1-5-24-11-8-9-16(24)15-23(4)19(21-14-18(25)22(2)3)20-13-17-10-6-7-12-26-17/h16-17H,5-15H2,1-4H3,(H,20,21). The van der Waals surface area contributed by atoms with Crippen LogP contribution >= 0.6 is 0 Å². The van der Waals surface area contributed by atoms with E-state index in [2.05, 4.69) is 34.1 Å². The summed E-state index contributed by atoms with van der Waals surface area (Å²) in [6, 6.07) is 0.562. The molecule has 0 bridgehead atoms. The van der Waals surface area contributed by atoms with Gasteiger partial charge >= 0.3 is 0 Å². The van der Waals surface area contributed by atoms with Crippen LogP contribution in [0, 0.1) is 0 Å². The van der Waals surface area contributed by atoms with Crippen LogP contribution in [-0.4, -0.2) is 99.2 Å². The lowest BCUT2D eigenvalue weighted by atomic mass is 10.1. The number of nitrogens with one attached hydrogen (secondary N) is 1. The molecular formula is C19H37N5O2. The fourth-order valence-electron chi connectivity index (χ4n) is 3.69. The van der Waals surface area contributed by atoms with E-state index in [1.54, 1.807) is 19.0 Å². The Morgan fingerprint density at radius 1 is 1.23 bits per heavy atom. The summed E-state index contributed by atoms with van der Waals surface area (Å²) in [6.07, 6.45) is 6.21. The Kier molecular flexibility index (Phi) is 8.65. The first-order valence-electron chi connectivity index (χ1n) is 10.1. The molecule has 2 unspecified atom stereocenters. The summed E-state index contributed by atoms with van der Waals surface area (Å²) in [5, 5.41) is 3.45. The summed E-state index contributed by atoms with van der Waals surface area (Å²) >= 11 is 0. The van der Waals surface area contributed by atoms with Crippen molar-refractivity contribution in [3.05, 3.63) is 0 Å². The molecule has 0 aromatic rings. The third kappa shape index (κ3) is 6.43. The van der Waals surface area contributed by atoms with Gasteiger partial charge in [0, 0.05) is 46.9 Å². The van der Waals surface area contributed by atoms with E-state index in [0.717, 1.165) is 45.0 Å². The molecule has 7 heteroatoms. The van der Waals surface area contributed by atoms with Crippen LogP contribution in [0.3, 0.4) is 0 Å². The SMILES string of the molecule is CCN1CCCC1CN(C)C(=NCC(=O)N(C)C)NCC1CCCCO1. The molecule has 0 spiro atoms. The third-order valence-electron chi connectivity index (χ3n) is 5.38. The van der Waals surface area contributed by atoms with Crippen molar-refractivity contribution in [1.82, 2.24) is 20.0 Å². The molecule has 2 rings (SSSR count). The van der Waals surface area contributed by atoms with Gasteiger partial charge in [0.15, 0.2) is 5.96 Å². The van der Waals surface area contributed by atoms with E-state index in [9.17, 15) is 4.79 Å². The number of carbonyl (C=O) groups excluding carboxylic acids is 1. The zero-order valence-corrected chi connectivity index (χ0v) is 17.0. The first kappa shape index (κ1) is 21.0. The molecule has 0 aliphatic carbocycles. The highest BCUT2D eigenvalue weighted by atomic mass is 16.5. The van der Waals surface area contributed by atoms with Crippen molar-refractivity contribution in [2.45, 2.75) is 51.2 Å². The molecule has 7 nitrogen and oxygen atoms in total. The molecule has 2 aliphatic heterocycles. The minimum atomic E-state index is 0.0164. The van der Waals surface area contributed by atoms with Crippen LogP contribution in [0.5, 0.6) is 0 Å². The number of aliphatic imine (C=N–C) groups is 1. The summed E-state index contributed by atoms with van der Waals surface area (Å²) in [7, 11) is 5.60. The van der Waals surface area contributed by atoms with Crippen LogP contribution in [0.1, 0.15) is 39.0 Å². The zero-order chi connectivity index (χ0) is 18.9. The average molecular weight is 368 g/mol. The molecule has 26 heavy (non-hydrogen) atoms. The summed E-state index contributed by atoms with van der Waals surface area (Å²) in [6.45, 7) is 7.20. The third-order valence-corrected chi connectivity index (χ3v) is 5.38. The minimum Gasteiger partial charge on any atom is -0.376 e. The number of nitrogens with zero attached hydrogens (tertiary/aromatic N) is 4. The number of likely N-dealkylation sites (tertiary alicyclic amines) is 1. The maximum absolute atomic E-state index is 12.0. The Labute approximate surface area is 158 Å². The summed E-state index contributed by atoms with van der Waals surface area (Å²) in [5.41, 5.74) is 0. The average Bonchev–Trinajstić information content (AvgIpc) is 3.09. The van der Waals surface area contributed by atoms with E-state index in [-0.39, 0.29) is 18.6 Å². The number of hydrogen-bond donors (Lipinski definition) is 1. The second-order valence-corrected chi connectivity index (χ2v) is 7.60. The van der Waals surface area contributed by atoms with Crippen LogP contribution in [0.4, 0.5) is 0 Å². The number of rotatable bonds is 7. The lowest BCUT2D eigenvalue weighted by molar-refractivity contribution is -0.127. The summed E-state index contributed by atoms with van der Waals surface area (Å²) in [4.78, 5) is 22.8. The number of carbonyl (C=O) groups is 1. The first-order valence-corrected chi connectivity index (χ1v) is 10.1. The van der Waals surface area contributed by atoms with Crippen molar-refractivity contribution in [2.75, 3.05) is 60.5 Å². The van der Waals surface area contributed by atoms with Crippen molar-refractivity contribution in [3.63, 3.8) is 0 Å². The van der Waals surface area contributed by atoms with Gasteiger partial charge in [-0.25, -0.2) is 4.99 Å². The maximum Gasteiger partial charge on any atom is 0.243 e. The van der Waals surface area contributed by atoms with Gasteiger partial charge in [-0.3, -0.25) is 9.69 Å². The Hall–Kier alpha value is -1.34. The van der Waals surface area contributed by atoms with Gasteiger partial charge in [0.2, 0.25) is 5.91 Å². The summed E-state index contributed by atoms with van der Waals surface area (Å²) < 4.78 is 5.82. The van der Waals surface area contributed by atoms with Crippen molar-refractivity contribution in [2.24, 2.45) is 4.99 Å². The number of likely N-dealkylation sites (N-methyl/N-ethyl adjacent to an activating group) is 3. The number of ether oxygens (including phenoxy) is 1. The first-order chi connectivity index (χ1) is 12.5. The van der Waals surface area contributed by atoms with Gasteiger partial charge in [-0.05, 0) is 45.2 Å². The van der Waals surface area contributed by atoms with E-state index >= 15 is 0 Å². The Balaban J connectivity index is 1.95. The molecule has 2 fully saturated rings. The molecule has 0 radical (unpaired) electrons. The maximum atomic E-state index is 12.0. The lowest BCUT2D eigenvalue weighted by Crippen LogP contribution is -2.48. The molecule has 2 atom stereocenters. The molecule has 150 valence electrons. The zero-order valence-electron chi connectivity index (χ0n) is 17.0. The molecule has 1 N–H and O–H groups in total. The van der Waals surface area contributed by atoms with E-state index in [1.165, 1.54) is 25.8 Å². The van der Waals surface area contributed by atoms with Crippen molar-refractivity contribution in [3.8, 4) is 0 Å². The number of hydrogen-bond acceptors (Lipinski definition) is 4. The molecule has 0 saturated carbocycles. The highest BCUT2D eigenvalue weighted by Gasteiger charge is 2.25. The molecule has 2 aliphatic rings. The van der Waals surface area contributed by atoms with Crippen LogP contribution in [0.25, 0.3) is 0 Å². The lowest BCUT2D eigenvalue weighted by Gasteiger charge is -2.31. The molecule has 1 amide bonds. The van der Waals surface area contributed by atoms with Gasteiger partial charge in [-0.15, -0.1) is 0 Å². The van der Waals surface area contributed by atoms with E-state index in [0.29, 0.717) is 6.04 Å². The Morgan fingerprint density at radius 3 is 2.69 bits per heavy atom. The molecule has 0 aromatic heterocycles. The molecule has 2 heterocycles. The predicted octanol–water partition coefficient (Wildman–Crippen LogP) is 1.01. The van der Waals surface area contributed by atoms with E-state index in [4.69, 9.17) is 4.74 Å². The Bertz CT molecular complexity index is 463. The van der Waals surface area contributed by atoms with E-state index < -0.39 is 0 Å². The van der Waals surface area contributed by atoms with Crippen LogP contribution < -0.4 is 5.32 Å². The van der Waals surface area contributed by atoms with Crippen molar-refractivity contribution < 1.29 is 9.53 Å². The van der Waals surface area contributed by atoms with Crippen LogP contribution in [0.2, 0.25) is 0 Å². The topological polar surface area (TPSA) is 60.4 Å². The fraction of sp³-hybridized carbons (Fsp3) is 0.895. The van der Waals surface area contributed by atoms with Gasteiger partial charge in [0.05, 0.1) is 6.10 Å². The van der Waals surface area contributed by atoms with Crippen LogP contribution in [0.15, 0.2) is 4.99 Å². The smallest absolute Gasteiger partial charge is 0.243 e. The predicted molar refractivity (Wildman–Crippen MR) is 105 cm³/mol. The van der Waals surface area contributed by atoms with Gasteiger partial charge in [-0.1, -0.05) is 6.92 Å². The van der Waals surface area contributed by atoms with Gasteiger partial charge in [0.25, 0.3) is 0 Å². The second kappa shape index (κ2) is 10.7. The fourth-order valence-corrected chi connectivity index (χ4v) is 3.69. The Morgan fingerprint density at radius 2 is 2.04 bits per heavy atom. The van der Waals surface area contributed by atoms with Crippen molar-refractivity contribution in [1.29, 1.82) is 0 Å². The van der Waals surface area contributed by atoms with Crippen LogP contribution in [-0.2, 0) is 9.53 Å². The monoisotopic (exact) mass is 367 g/mol. The molecular weight excluding hydrogens is 330 g/mol. The van der Waals surface area contributed by atoms with Gasteiger partial charge in [-0.2, -0.15) is 0 Å². The highest BCUT2D eigenvalue weighted by molar-refractivity contribution is 5.84. The number of guanidine groups is 1. The quantitative estimate of drug-likeness (QED) is 0.537. The number of amides is 1. The van der Waals surface area contributed by atoms with Gasteiger partial charge in [0.1, 0.15) is 6.54 Å².